The van der Waals surface area contributed by atoms with Crippen LogP contribution in [0.5, 0.6) is 0 Å². The molecule has 0 aliphatic heterocycles. The number of esters is 2. The summed E-state index contributed by atoms with van der Waals surface area (Å²) in [4.78, 5) is 25.1. The largest absolute Gasteiger partial charge is 0.461 e. The van der Waals surface area contributed by atoms with Crippen molar-refractivity contribution in [1.29, 1.82) is 0 Å². The van der Waals surface area contributed by atoms with E-state index in [0.717, 1.165) is 38.5 Å². The minimum atomic E-state index is -0.322. The predicted molar refractivity (Wildman–Crippen MR) is 140 cm³/mol. The summed E-state index contributed by atoms with van der Waals surface area (Å²) in [5, 5.41) is 7.24. The first-order chi connectivity index (χ1) is 17.5. The third kappa shape index (κ3) is 7.40. The van der Waals surface area contributed by atoms with Gasteiger partial charge in [-0.3, -0.25) is 9.59 Å². The fourth-order valence-corrected chi connectivity index (χ4v) is 5.49. The zero-order valence-corrected chi connectivity index (χ0v) is 21.5. The van der Waals surface area contributed by atoms with Crippen LogP contribution in [-0.4, -0.2) is 36.2 Å². The van der Waals surface area contributed by atoms with Gasteiger partial charge < -0.3 is 20.1 Å². The average Bonchev–Trinajstić information content (AvgIpc) is 3.52. The van der Waals surface area contributed by atoms with E-state index in [1.54, 1.807) is 0 Å². The molecule has 194 valence electrons. The second-order valence-electron chi connectivity index (χ2n) is 10.2. The Morgan fingerprint density at radius 2 is 1.08 bits per heavy atom. The van der Waals surface area contributed by atoms with Gasteiger partial charge in [0.2, 0.25) is 0 Å². The van der Waals surface area contributed by atoms with Gasteiger partial charge in [-0.15, -0.1) is 0 Å². The van der Waals surface area contributed by atoms with Gasteiger partial charge in [-0.1, -0.05) is 60.7 Å². The van der Waals surface area contributed by atoms with E-state index in [0.29, 0.717) is 0 Å². The minimum Gasteiger partial charge on any atom is -0.461 e. The summed E-state index contributed by atoms with van der Waals surface area (Å²) in [6.07, 6.45) is 5.53. The summed E-state index contributed by atoms with van der Waals surface area (Å²) in [6.45, 7) is 4.27. The SMILES string of the molecule is C[C@@H](N[C@@H]1CCC[C@H]1OC(=O)CCC(=O)O[C@@H]1CCC[C@H]1N[C@H](C)c1ccccc1)c1ccccc1. The third-order valence-electron chi connectivity index (χ3n) is 7.53. The Kier molecular flexibility index (Phi) is 9.54. The molecule has 6 heteroatoms. The number of ether oxygens (including phenoxy) is 2. The first-order valence-electron chi connectivity index (χ1n) is 13.5. The van der Waals surface area contributed by atoms with E-state index in [-0.39, 0.29) is 61.2 Å². The maximum Gasteiger partial charge on any atom is 0.306 e. The lowest BCUT2D eigenvalue weighted by molar-refractivity contribution is -0.156. The number of hydrogen-bond acceptors (Lipinski definition) is 6. The molecule has 6 nitrogen and oxygen atoms in total. The fourth-order valence-electron chi connectivity index (χ4n) is 5.49. The summed E-state index contributed by atoms with van der Waals surface area (Å²) >= 11 is 0. The lowest BCUT2D eigenvalue weighted by atomic mass is 10.1. The van der Waals surface area contributed by atoms with Gasteiger partial charge in [0.05, 0.1) is 12.8 Å². The Labute approximate surface area is 215 Å². The zero-order chi connectivity index (χ0) is 25.3. The van der Waals surface area contributed by atoms with Crippen molar-refractivity contribution < 1.29 is 19.1 Å². The van der Waals surface area contributed by atoms with Crippen molar-refractivity contribution in [3.63, 3.8) is 0 Å². The molecule has 0 amide bonds. The number of nitrogens with one attached hydrogen (secondary N) is 2. The molecule has 2 aromatic carbocycles. The maximum absolute atomic E-state index is 12.5. The van der Waals surface area contributed by atoms with Gasteiger partial charge in [-0.05, 0) is 63.5 Å². The lowest BCUT2D eigenvalue weighted by Gasteiger charge is -2.26. The van der Waals surface area contributed by atoms with Crippen LogP contribution in [0.3, 0.4) is 0 Å². The number of benzene rings is 2. The Bertz CT molecular complexity index is 888. The monoisotopic (exact) mass is 492 g/mol. The second-order valence-corrected chi connectivity index (χ2v) is 10.2. The van der Waals surface area contributed by atoms with Crippen LogP contribution in [0.15, 0.2) is 60.7 Å². The maximum atomic E-state index is 12.5. The smallest absolute Gasteiger partial charge is 0.306 e. The molecule has 6 atom stereocenters. The summed E-state index contributed by atoms with van der Waals surface area (Å²) in [5.74, 6) is -0.645. The highest BCUT2D eigenvalue weighted by atomic mass is 16.6. The molecule has 2 saturated carbocycles. The predicted octanol–water partition coefficient (Wildman–Crippen LogP) is 5.40. The highest BCUT2D eigenvalue weighted by molar-refractivity contribution is 5.77. The summed E-state index contributed by atoms with van der Waals surface area (Å²) in [6, 6.07) is 21.2. The quantitative estimate of drug-likeness (QED) is 0.409. The molecule has 2 aliphatic carbocycles. The van der Waals surface area contributed by atoms with Gasteiger partial charge in [0.1, 0.15) is 12.2 Å². The van der Waals surface area contributed by atoms with E-state index in [9.17, 15) is 9.59 Å². The van der Waals surface area contributed by atoms with Gasteiger partial charge in [0, 0.05) is 24.2 Å². The molecule has 2 aliphatic rings. The standard InChI is InChI=1S/C30H40N2O4/c1-21(23-11-5-3-6-12-23)31-25-15-9-17-27(25)35-29(33)19-20-30(34)36-28-18-10-16-26(28)32-22(2)24-13-7-4-8-14-24/h3-8,11-14,21-22,25-28,31-32H,9-10,15-20H2,1-2H3/t21-,22-,25-,26-,27-,28-/m1/s1. The van der Waals surface area contributed by atoms with E-state index >= 15 is 0 Å². The van der Waals surface area contributed by atoms with Gasteiger partial charge in [-0.25, -0.2) is 0 Å². The van der Waals surface area contributed by atoms with Crippen LogP contribution in [0.1, 0.15) is 88.4 Å². The van der Waals surface area contributed by atoms with Crippen molar-refractivity contribution in [2.45, 2.75) is 102 Å². The molecule has 2 aromatic rings. The van der Waals surface area contributed by atoms with Crippen LogP contribution in [-0.2, 0) is 19.1 Å². The number of rotatable bonds is 11. The Morgan fingerprint density at radius 1 is 0.694 bits per heavy atom. The average molecular weight is 493 g/mol. The van der Waals surface area contributed by atoms with Gasteiger partial charge in [0.15, 0.2) is 0 Å². The molecule has 2 N–H and O–H groups in total. The van der Waals surface area contributed by atoms with Crippen molar-refractivity contribution in [3.05, 3.63) is 71.8 Å². The van der Waals surface area contributed by atoms with Gasteiger partial charge in [0.25, 0.3) is 0 Å². The molecule has 0 spiro atoms. The second kappa shape index (κ2) is 13.0. The summed E-state index contributed by atoms with van der Waals surface area (Å²) in [7, 11) is 0. The molecule has 4 rings (SSSR count). The lowest BCUT2D eigenvalue weighted by Crippen LogP contribution is -2.40. The van der Waals surface area contributed by atoms with Crippen LogP contribution in [0.4, 0.5) is 0 Å². The van der Waals surface area contributed by atoms with Crippen LogP contribution in [0.25, 0.3) is 0 Å². The fraction of sp³-hybridized carbons (Fsp3) is 0.533. The van der Waals surface area contributed by atoms with Crippen molar-refractivity contribution in [3.8, 4) is 0 Å². The summed E-state index contributed by atoms with van der Waals surface area (Å²) < 4.78 is 11.6. The van der Waals surface area contributed by atoms with E-state index in [1.807, 2.05) is 36.4 Å². The molecule has 0 unspecified atom stereocenters. The number of carbonyl (C=O) groups is 2. The van der Waals surface area contributed by atoms with Gasteiger partial charge >= 0.3 is 11.9 Å². The third-order valence-corrected chi connectivity index (χ3v) is 7.53. The van der Waals surface area contributed by atoms with Crippen molar-refractivity contribution in [2.24, 2.45) is 0 Å². The normalized spacial score (nSPS) is 25.3. The Balaban J connectivity index is 1.19. The van der Waals surface area contributed by atoms with Crippen molar-refractivity contribution >= 4 is 11.9 Å². The van der Waals surface area contributed by atoms with Crippen molar-refractivity contribution in [1.82, 2.24) is 10.6 Å². The minimum absolute atomic E-state index is 0.0571. The van der Waals surface area contributed by atoms with E-state index in [1.165, 1.54) is 11.1 Å². The topological polar surface area (TPSA) is 76.7 Å². The summed E-state index contributed by atoms with van der Waals surface area (Å²) in [5.41, 5.74) is 2.44. The van der Waals surface area contributed by atoms with E-state index < -0.39 is 0 Å². The highest BCUT2D eigenvalue weighted by Crippen LogP contribution is 2.27. The molecule has 0 saturated heterocycles. The van der Waals surface area contributed by atoms with Crippen LogP contribution in [0.2, 0.25) is 0 Å². The van der Waals surface area contributed by atoms with E-state index in [2.05, 4.69) is 48.7 Å². The zero-order valence-electron chi connectivity index (χ0n) is 21.5. The Morgan fingerprint density at radius 3 is 1.47 bits per heavy atom. The molecule has 2 fully saturated rings. The number of carbonyl (C=O) groups excluding carboxylic acids is 2. The first-order valence-corrected chi connectivity index (χ1v) is 13.5. The Hall–Kier alpha value is -2.70. The molecule has 0 aromatic heterocycles. The van der Waals surface area contributed by atoms with Crippen LogP contribution < -0.4 is 10.6 Å². The first kappa shape index (κ1) is 26.4. The molecule has 36 heavy (non-hydrogen) atoms. The highest BCUT2D eigenvalue weighted by Gasteiger charge is 2.33. The van der Waals surface area contributed by atoms with E-state index in [4.69, 9.17) is 9.47 Å². The molecular formula is C30H40N2O4. The van der Waals surface area contributed by atoms with Crippen LogP contribution in [0, 0.1) is 0 Å². The molecule has 0 radical (unpaired) electrons. The van der Waals surface area contributed by atoms with Gasteiger partial charge in [-0.2, -0.15) is 0 Å². The van der Waals surface area contributed by atoms with Crippen LogP contribution >= 0.6 is 0 Å². The molecule has 0 bridgehead atoms. The molecular weight excluding hydrogens is 452 g/mol. The number of hydrogen-bond donors (Lipinski definition) is 2. The van der Waals surface area contributed by atoms with Crippen molar-refractivity contribution in [2.75, 3.05) is 0 Å². The molecule has 0 heterocycles.